The number of ether oxygens (including phenoxy) is 1. The highest BCUT2D eigenvalue weighted by Crippen LogP contribution is 2.31. The number of rotatable bonds is 5. The zero-order valence-electron chi connectivity index (χ0n) is 18.8. The van der Waals surface area contributed by atoms with E-state index in [1.54, 1.807) is 6.07 Å². The average molecular weight is 480 g/mol. The van der Waals surface area contributed by atoms with Crippen LogP contribution in [0.2, 0.25) is 0 Å². The van der Waals surface area contributed by atoms with Gasteiger partial charge < -0.3 is 9.30 Å². The number of aromatic nitrogens is 3. The maximum atomic E-state index is 13.1. The number of fused-ring (bicyclic) bond motifs is 1. The molecule has 0 amide bonds. The molecule has 3 heterocycles. The van der Waals surface area contributed by atoms with Crippen molar-refractivity contribution in [3.63, 3.8) is 0 Å². The molecular formula is C23H27F2N3O4S. The number of sulfone groups is 1. The van der Waals surface area contributed by atoms with Crippen LogP contribution < -0.4 is 5.56 Å². The third-order valence-corrected chi connectivity index (χ3v) is 7.67. The van der Waals surface area contributed by atoms with Crippen molar-refractivity contribution in [1.82, 2.24) is 14.1 Å². The normalized spacial score (nSPS) is 16.1. The van der Waals surface area contributed by atoms with Crippen molar-refractivity contribution in [2.24, 2.45) is 5.92 Å². The number of pyridine rings is 1. The Labute approximate surface area is 190 Å². The highest BCUT2D eigenvalue weighted by atomic mass is 32.2. The molecule has 0 N–H and O–H groups in total. The quantitative estimate of drug-likeness (QED) is 0.549. The van der Waals surface area contributed by atoms with Gasteiger partial charge in [-0.1, -0.05) is 20.8 Å². The van der Waals surface area contributed by atoms with Crippen molar-refractivity contribution in [3.05, 3.63) is 52.7 Å². The van der Waals surface area contributed by atoms with Crippen LogP contribution in [0.15, 0.2) is 51.1 Å². The van der Waals surface area contributed by atoms with Crippen LogP contribution in [0.3, 0.4) is 0 Å². The molecule has 7 nitrogen and oxygen atoms in total. The molecule has 10 heteroatoms. The molecule has 0 spiro atoms. The molecule has 1 fully saturated rings. The number of hydrogen-bond donors (Lipinski definition) is 0. The predicted octanol–water partition coefficient (Wildman–Crippen LogP) is 4.15. The number of imidazole rings is 1. The number of halogens is 2. The van der Waals surface area contributed by atoms with Crippen molar-refractivity contribution in [1.29, 1.82) is 0 Å². The first-order chi connectivity index (χ1) is 15.5. The summed E-state index contributed by atoms with van der Waals surface area (Å²) in [5.41, 5.74) is 0.0265. The minimum Gasteiger partial charge on any atom is -0.381 e. The Kier molecular flexibility index (Phi) is 6.17. The van der Waals surface area contributed by atoms with Gasteiger partial charge in [0.2, 0.25) is 9.84 Å². The second-order valence-electron chi connectivity index (χ2n) is 9.39. The van der Waals surface area contributed by atoms with Crippen LogP contribution >= 0.6 is 0 Å². The van der Waals surface area contributed by atoms with Gasteiger partial charge in [-0.2, -0.15) is 8.78 Å². The van der Waals surface area contributed by atoms with Gasteiger partial charge in [-0.3, -0.25) is 9.36 Å². The SMILES string of the molecule is CC(C)(C)c1nc2cc(S(=O)(=O)c3ccn(C(F)F)c(=O)c3)ccc2n1CC1CCOCC1. The summed E-state index contributed by atoms with van der Waals surface area (Å²) in [5, 5.41) is 0. The van der Waals surface area contributed by atoms with Crippen LogP contribution in [0.4, 0.5) is 8.78 Å². The van der Waals surface area contributed by atoms with E-state index in [1.807, 2.05) is 0 Å². The maximum Gasteiger partial charge on any atom is 0.321 e. The van der Waals surface area contributed by atoms with Gasteiger partial charge in [0.05, 0.1) is 20.8 Å². The summed E-state index contributed by atoms with van der Waals surface area (Å²) in [6.07, 6.45) is 2.71. The molecule has 0 bridgehead atoms. The zero-order valence-corrected chi connectivity index (χ0v) is 19.6. The van der Waals surface area contributed by atoms with Crippen LogP contribution in [0.25, 0.3) is 11.0 Å². The molecule has 178 valence electrons. The lowest BCUT2D eigenvalue weighted by Crippen LogP contribution is -2.25. The second kappa shape index (κ2) is 8.64. The summed E-state index contributed by atoms with van der Waals surface area (Å²) >= 11 is 0. The fourth-order valence-corrected chi connectivity index (χ4v) is 5.44. The van der Waals surface area contributed by atoms with E-state index in [0.29, 0.717) is 11.4 Å². The number of hydrogen-bond acceptors (Lipinski definition) is 5. The molecule has 1 aromatic carbocycles. The summed E-state index contributed by atoms with van der Waals surface area (Å²) in [6.45, 7) is 5.37. The average Bonchev–Trinajstić information content (AvgIpc) is 3.12. The molecule has 0 unspecified atom stereocenters. The third-order valence-electron chi connectivity index (χ3n) is 5.92. The van der Waals surface area contributed by atoms with Gasteiger partial charge in [0.25, 0.3) is 5.56 Å². The van der Waals surface area contributed by atoms with Crippen molar-refractivity contribution in [3.8, 4) is 0 Å². The lowest BCUT2D eigenvalue weighted by molar-refractivity contribution is 0.0611. The van der Waals surface area contributed by atoms with Gasteiger partial charge in [0.15, 0.2) is 0 Å². The van der Waals surface area contributed by atoms with E-state index in [-0.39, 0.29) is 19.8 Å². The summed E-state index contributed by atoms with van der Waals surface area (Å²) in [4.78, 5) is 16.3. The number of benzene rings is 1. The van der Waals surface area contributed by atoms with Crippen molar-refractivity contribution >= 4 is 20.9 Å². The Morgan fingerprint density at radius 3 is 2.39 bits per heavy atom. The molecule has 33 heavy (non-hydrogen) atoms. The molecule has 0 radical (unpaired) electrons. The molecule has 0 saturated carbocycles. The topological polar surface area (TPSA) is 83.2 Å². The molecule has 3 aromatic rings. The van der Waals surface area contributed by atoms with E-state index in [4.69, 9.17) is 9.72 Å². The molecule has 4 rings (SSSR count). The lowest BCUT2D eigenvalue weighted by Gasteiger charge is -2.26. The van der Waals surface area contributed by atoms with Crippen LogP contribution in [0, 0.1) is 5.92 Å². The fraction of sp³-hybridized carbons (Fsp3) is 0.478. The monoisotopic (exact) mass is 479 g/mol. The molecule has 0 aliphatic carbocycles. The first-order valence-corrected chi connectivity index (χ1v) is 12.3. The van der Waals surface area contributed by atoms with Gasteiger partial charge in [-0.25, -0.2) is 13.4 Å². The Balaban J connectivity index is 1.78. The Morgan fingerprint density at radius 1 is 1.12 bits per heavy atom. The molecule has 1 aliphatic heterocycles. The van der Waals surface area contributed by atoms with E-state index >= 15 is 0 Å². The number of nitrogens with zero attached hydrogens (tertiary/aromatic N) is 3. The Bertz CT molecular complexity index is 1330. The highest BCUT2D eigenvalue weighted by Gasteiger charge is 2.27. The summed E-state index contributed by atoms with van der Waals surface area (Å²) in [7, 11) is -4.09. The lowest BCUT2D eigenvalue weighted by atomic mass is 9.94. The van der Waals surface area contributed by atoms with Crippen LogP contribution in [0.1, 0.15) is 46.0 Å². The van der Waals surface area contributed by atoms with Gasteiger partial charge in [0, 0.05) is 37.4 Å². The third kappa shape index (κ3) is 4.59. The summed E-state index contributed by atoms with van der Waals surface area (Å²) in [5.74, 6) is 1.31. The largest absolute Gasteiger partial charge is 0.381 e. The molecule has 2 aromatic heterocycles. The van der Waals surface area contributed by atoms with E-state index < -0.39 is 21.9 Å². The Hall–Kier alpha value is -2.59. The highest BCUT2D eigenvalue weighted by molar-refractivity contribution is 7.91. The first kappa shape index (κ1) is 23.6. The maximum absolute atomic E-state index is 13.1. The minimum absolute atomic E-state index is 0.0413. The van der Waals surface area contributed by atoms with Crippen molar-refractivity contribution < 1.29 is 21.9 Å². The predicted molar refractivity (Wildman–Crippen MR) is 119 cm³/mol. The minimum atomic E-state index is -4.09. The van der Waals surface area contributed by atoms with Crippen molar-refractivity contribution in [2.75, 3.05) is 13.2 Å². The molecule has 1 saturated heterocycles. The van der Waals surface area contributed by atoms with E-state index in [1.165, 1.54) is 12.1 Å². The summed E-state index contributed by atoms with van der Waals surface area (Å²) < 4.78 is 59.8. The van der Waals surface area contributed by atoms with Gasteiger partial charge in [-0.05, 0) is 43.0 Å². The van der Waals surface area contributed by atoms with Crippen LogP contribution in [-0.2, 0) is 26.5 Å². The van der Waals surface area contributed by atoms with Gasteiger partial charge >= 0.3 is 6.55 Å². The van der Waals surface area contributed by atoms with Gasteiger partial charge in [0.1, 0.15) is 5.82 Å². The van der Waals surface area contributed by atoms with Gasteiger partial charge in [-0.15, -0.1) is 0 Å². The van der Waals surface area contributed by atoms with Crippen LogP contribution in [-0.4, -0.2) is 35.7 Å². The fourth-order valence-electron chi connectivity index (χ4n) is 4.16. The molecule has 1 aliphatic rings. The smallest absolute Gasteiger partial charge is 0.321 e. The molecule has 0 atom stereocenters. The van der Waals surface area contributed by atoms with E-state index in [9.17, 15) is 22.0 Å². The van der Waals surface area contributed by atoms with E-state index in [0.717, 1.165) is 62.3 Å². The van der Waals surface area contributed by atoms with Crippen LogP contribution in [0.5, 0.6) is 0 Å². The van der Waals surface area contributed by atoms with Crippen molar-refractivity contribution in [2.45, 2.75) is 61.9 Å². The number of alkyl halides is 2. The summed E-state index contributed by atoms with van der Waals surface area (Å²) in [6, 6.07) is 6.42. The standard InChI is InChI=1S/C23H27F2N3O4S/c1-23(2,3)21-26-18-12-16(4-5-19(18)28(21)14-15-7-10-32-11-8-15)33(30,31)17-6-9-27(22(24)25)20(29)13-17/h4-6,9,12-13,15,22H,7-8,10-11,14H2,1-3H3. The zero-order chi connectivity index (χ0) is 24.0. The second-order valence-corrected chi connectivity index (χ2v) is 11.3. The molecular weight excluding hydrogens is 452 g/mol. The Morgan fingerprint density at radius 2 is 1.79 bits per heavy atom. The first-order valence-electron chi connectivity index (χ1n) is 10.8. The van der Waals surface area contributed by atoms with E-state index in [2.05, 4.69) is 25.3 Å².